The molecule has 4 heteroatoms. The summed E-state index contributed by atoms with van der Waals surface area (Å²) in [5.74, 6) is 0. The Hall–Kier alpha value is -2.85. The number of anilines is 1. The Bertz CT molecular complexity index is 623. The van der Waals surface area contributed by atoms with E-state index in [0.717, 1.165) is 24.3 Å². The molecule has 4 nitrogen and oxygen atoms in total. The SMILES string of the molecule is CCN(CC)c1ccc(/C=C(C#N)/C=C(\C#N)C=O)cc1. The lowest BCUT2D eigenvalue weighted by Gasteiger charge is -2.20. The molecule has 0 aliphatic heterocycles. The number of hydrogen-bond donors (Lipinski definition) is 0. The summed E-state index contributed by atoms with van der Waals surface area (Å²) >= 11 is 0. The predicted molar refractivity (Wildman–Crippen MR) is 83.4 cm³/mol. The summed E-state index contributed by atoms with van der Waals surface area (Å²) in [4.78, 5) is 12.8. The molecule has 1 aromatic rings. The standard InChI is InChI=1S/C17H17N3O/c1-3-20(4-2)17-7-5-14(6-8-17)9-15(11-18)10-16(12-19)13-21/h5-10,13H,3-4H2,1-2H3/b15-9-,16-10+. The molecule has 21 heavy (non-hydrogen) atoms. The van der Waals surface area contributed by atoms with Crippen LogP contribution in [0.15, 0.2) is 41.5 Å². The summed E-state index contributed by atoms with van der Waals surface area (Å²) in [6, 6.07) is 11.5. The van der Waals surface area contributed by atoms with Gasteiger partial charge in [-0.2, -0.15) is 10.5 Å². The Morgan fingerprint density at radius 2 is 1.67 bits per heavy atom. The van der Waals surface area contributed by atoms with Crippen molar-refractivity contribution in [3.05, 3.63) is 47.1 Å². The predicted octanol–water partition coefficient (Wildman–Crippen LogP) is 3.09. The van der Waals surface area contributed by atoms with E-state index in [2.05, 4.69) is 18.7 Å². The number of carbonyl (C=O) groups excluding carboxylic acids is 1. The first kappa shape index (κ1) is 16.2. The first-order valence-corrected chi connectivity index (χ1v) is 6.72. The summed E-state index contributed by atoms with van der Waals surface area (Å²) in [5.41, 5.74) is 2.18. The highest BCUT2D eigenvalue weighted by molar-refractivity contribution is 5.81. The fourth-order valence-corrected chi connectivity index (χ4v) is 1.92. The van der Waals surface area contributed by atoms with E-state index in [-0.39, 0.29) is 11.1 Å². The average Bonchev–Trinajstić information content (AvgIpc) is 2.54. The molecule has 0 atom stereocenters. The van der Waals surface area contributed by atoms with Crippen LogP contribution in [0.2, 0.25) is 0 Å². The van der Waals surface area contributed by atoms with Gasteiger partial charge < -0.3 is 4.90 Å². The number of rotatable bonds is 6. The van der Waals surface area contributed by atoms with Crippen molar-refractivity contribution >= 4 is 18.0 Å². The molecule has 0 radical (unpaired) electrons. The highest BCUT2D eigenvalue weighted by atomic mass is 16.1. The molecule has 0 aliphatic carbocycles. The fraction of sp³-hybridized carbons (Fsp3) is 0.235. The lowest BCUT2D eigenvalue weighted by Crippen LogP contribution is -2.21. The van der Waals surface area contributed by atoms with Crippen LogP contribution in [0.3, 0.4) is 0 Å². The van der Waals surface area contributed by atoms with Crippen LogP contribution >= 0.6 is 0 Å². The van der Waals surface area contributed by atoms with Gasteiger partial charge in [0.2, 0.25) is 0 Å². The van der Waals surface area contributed by atoms with Crippen molar-refractivity contribution in [2.75, 3.05) is 18.0 Å². The Kier molecular flexibility index (Phi) is 6.44. The van der Waals surface area contributed by atoms with E-state index >= 15 is 0 Å². The van der Waals surface area contributed by atoms with E-state index < -0.39 is 0 Å². The highest BCUT2D eigenvalue weighted by Crippen LogP contribution is 2.17. The normalized spacial score (nSPS) is 11.4. The molecule has 1 rings (SSSR count). The molecule has 0 N–H and O–H groups in total. The Morgan fingerprint density at radius 3 is 2.10 bits per heavy atom. The summed E-state index contributed by atoms with van der Waals surface area (Å²) in [7, 11) is 0. The van der Waals surface area contributed by atoms with Gasteiger partial charge in [0.25, 0.3) is 0 Å². The molecule has 0 saturated carbocycles. The minimum atomic E-state index is -0.0671. The van der Waals surface area contributed by atoms with Crippen molar-refractivity contribution in [3.63, 3.8) is 0 Å². The summed E-state index contributed by atoms with van der Waals surface area (Å²) in [6.45, 7) is 6.06. The first-order valence-electron chi connectivity index (χ1n) is 6.72. The quantitative estimate of drug-likeness (QED) is 0.347. The summed E-state index contributed by atoms with van der Waals surface area (Å²) < 4.78 is 0. The molecule has 0 unspecified atom stereocenters. The number of hydrogen-bond acceptors (Lipinski definition) is 4. The second-order valence-corrected chi connectivity index (χ2v) is 4.30. The van der Waals surface area contributed by atoms with E-state index in [9.17, 15) is 4.79 Å². The zero-order valence-electron chi connectivity index (χ0n) is 12.2. The maximum absolute atomic E-state index is 10.6. The van der Waals surface area contributed by atoms with Gasteiger partial charge in [-0.05, 0) is 43.7 Å². The van der Waals surface area contributed by atoms with Crippen molar-refractivity contribution in [1.29, 1.82) is 10.5 Å². The van der Waals surface area contributed by atoms with Gasteiger partial charge in [0.1, 0.15) is 6.07 Å². The van der Waals surface area contributed by atoms with E-state index in [0.29, 0.717) is 6.29 Å². The van der Waals surface area contributed by atoms with E-state index in [4.69, 9.17) is 10.5 Å². The third kappa shape index (κ3) is 4.63. The van der Waals surface area contributed by atoms with E-state index in [1.165, 1.54) is 6.08 Å². The third-order valence-electron chi connectivity index (χ3n) is 3.04. The summed E-state index contributed by atoms with van der Waals surface area (Å²) in [6.07, 6.45) is 3.37. The van der Waals surface area contributed by atoms with Crippen molar-refractivity contribution < 1.29 is 4.79 Å². The minimum absolute atomic E-state index is 0.0671. The summed E-state index contributed by atoms with van der Waals surface area (Å²) in [5, 5.41) is 17.7. The molecule has 0 saturated heterocycles. The maximum Gasteiger partial charge on any atom is 0.160 e. The minimum Gasteiger partial charge on any atom is -0.372 e. The number of carbonyl (C=O) groups is 1. The molecule has 0 aliphatic rings. The van der Waals surface area contributed by atoms with Crippen molar-refractivity contribution in [2.24, 2.45) is 0 Å². The zero-order chi connectivity index (χ0) is 15.7. The smallest absolute Gasteiger partial charge is 0.160 e. The molecule has 0 spiro atoms. The van der Waals surface area contributed by atoms with Crippen LogP contribution in [0.25, 0.3) is 6.08 Å². The van der Waals surface area contributed by atoms with Gasteiger partial charge in [-0.15, -0.1) is 0 Å². The van der Waals surface area contributed by atoms with Gasteiger partial charge in [0.05, 0.1) is 17.2 Å². The number of aldehydes is 1. The number of benzene rings is 1. The number of nitriles is 2. The van der Waals surface area contributed by atoms with Gasteiger partial charge in [0, 0.05) is 18.8 Å². The van der Waals surface area contributed by atoms with E-state index in [1.54, 1.807) is 12.1 Å². The zero-order valence-corrected chi connectivity index (χ0v) is 12.2. The second-order valence-electron chi connectivity index (χ2n) is 4.30. The molecule has 0 aromatic heterocycles. The van der Waals surface area contributed by atoms with Crippen LogP contribution in [0.5, 0.6) is 0 Å². The van der Waals surface area contributed by atoms with E-state index in [1.807, 2.05) is 30.3 Å². The van der Waals surface area contributed by atoms with Crippen molar-refractivity contribution in [2.45, 2.75) is 13.8 Å². The molecule has 0 amide bonds. The molecule has 106 valence electrons. The number of nitrogens with zero attached hydrogens (tertiary/aromatic N) is 3. The topological polar surface area (TPSA) is 67.9 Å². The molecule has 0 heterocycles. The van der Waals surface area contributed by atoms with Crippen LogP contribution in [0.4, 0.5) is 5.69 Å². The Morgan fingerprint density at radius 1 is 1.10 bits per heavy atom. The van der Waals surface area contributed by atoms with Crippen LogP contribution in [0.1, 0.15) is 19.4 Å². The largest absolute Gasteiger partial charge is 0.372 e. The first-order chi connectivity index (χ1) is 10.2. The molecule has 0 bridgehead atoms. The monoisotopic (exact) mass is 279 g/mol. The van der Waals surface area contributed by atoms with Crippen LogP contribution in [-0.4, -0.2) is 19.4 Å². The Balaban J connectivity index is 3.04. The third-order valence-corrected chi connectivity index (χ3v) is 3.04. The van der Waals surface area contributed by atoms with Gasteiger partial charge >= 0.3 is 0 Å². The average molecular weight is 279 g/mol. The lowest BCUT2D eigenvalue weighted by molar-refractivity contribution is -0.104. The van der Waals surface area contributed by atoms with Crippen molar-refractivity contribution in [1.82, 2.24) is 0 Å². The van der Waals surface area contributed by atoms with Crippen molar-refractivity contribution in [3.8, 4) is 12.1 Å². The second kappa shape index (κ2) is 8.35. The molecule has 1 aromatic carbocycles. The lowest BCUT2D eigenvalue weighted by atomic mass is 10.1. The highest BCUT2D eigenvalue weighted by Gasteiger charge is 2.01. The maximum atomic E-state index is 10.6. The van der Waals surface area contributed by atoms with Gasteiger partial charge in [0.15, 0.2) is 6.29 Å². The number of allylic oxidation sites excluding steroid dienone is 3. The molecule has 0 fully saturated rings. The molecular formula is C17H17N3O. The Labute approximate surface area is 125 Å². The van der Waals surface area contributed by atoms with Crippen LogP contribution in [-0.2, 0) is 4.79 Å². The fourth-order valence-electron chi connectivity index (χ4n) is 1.92. The van der Waals surface area contributed by atoms with Crippen LogP contribution in [0, 0.1) is 22.7 Å². The van der Waals surface area contributed by atoms with Gasteiger partial charge in [-0.1, -0.05) is 12.1 Å². The van der Waals surface area contributed by atoms with Gasteiger partial charge in [-0.3, -0.25) is 4.79 Å². The molecular weight excluding hydrogens is 262 g/mol. The van der Waals surface area contributed by atoms with Crippen LogP contribution < -0.4 is 4.90 Å². The van der Waals surface area contributed by atoms with Gasteiger partial charge in [-0.25, -0.2) is 0 Å².